The average molecular weight is 330 g/mol. The van der Waals surface area contributed by atoms with E-state index in [0.717, 1.165) is 11.1 Å². The summed E-state index contributed by atoms with van der Waals surface area (Å²) in [6.45, 7) is 2.53. The largest absolute Gasteiger partial charge is 0.330 e. The molecule has 4 N–H and O–H groups in total. The van der Waals surface area contributed by atoms with E-state index in [0.29, 0.717) is 4.90 Å². The van der Waals surface area contributed by atoms with Gasteiger partial charge in [0.15, 0.2) is 9.84 Å². The van der Waals surface area contributed by atoms with Gasteiger partial charge in [0.2, 0.25) is 0 Å². The smallest absolute Gasteiger partial charge is 0.182 e. The summed E-state index contributed by atoms with van der Waals surface area (Å²) in [4.78, 5) is 0.339. The molecule has 2 atom stereocenters. The number of benzene rings is 2. The molecule has 5 heteroatoms. The van der Waals surface area contributed by atoms with E-state index in [1.54, 1.807) is 24.3 Å². The van der Waals surface area contributed by atoms with Crippen LogP contribution in [-0.4, -0.2) is 26.8 Å². The second kappa shape index (κ2) is 5.74. The second-order valence-corrected chi connectivity index (χ2v) is 8.38. The lowest BCUT2D eigenvalue weighted by atomic mass is 9.99. The predicted molar refractivity (Wildman–Crippen MR) is 91.9 cm³/mol. The Labute approximate surface area is 137 Å². The van der Waals surface area contributed by atoms with Crippen LogP contribution in [0, 0.1) is 12.3 Å². The van der Waals surface area contributed by atoms with Crippen LogP contribution in [0.1, 0.15) is 17.0 Å². The first-order valence-corrected chi connectivity index (χ1v) is 9.27. The zero-order valence-corrected chi connectivity index (χ0v) is 14.0. The summed E-state index contributed by atoms with van der Waals surface area (Å²) in [7, 11) is -3.47. The molecule has 3 rings (SSSR count). The van der Waals surface area contributed by atoms with Crippen LogP contribution in [0.3, 0.4) is 0 Å². The summed E-state index contributed by atoms with van der Waals surface area (Å²) in [5, 5.41) is -0.560. The van der Waals surface area contributed by atoms with Crippen molar-refractivity contribution < 1.29 is 8.42 Å². The van der Waals surface area contributed by atoms with Gasteiger partial charge in [0.25, 0.3) is 0 Å². The van der Waals surface area contributed by atoms with Gasteiger partial charge in [0.1, 0.15) is 0 Å². The minimum absolute atomic E-state index is 0.150. The van der Waals surface area contributed by atoms with Crippen molar-refractivity contribution in [2.45, 2.75) is 23.0 Å². The first kappa shape index (κ1) is 16.2. The molecule has 0 radical (unpaired) electrons. The molecule has 2 aromatic rings. The summed E-state index contributed by atoms with van der Waals surface area (Å²) in [6.07, 6.45) is 0. The summed E-state index contributed by atoms with van der Waals surface area (Å²) in [6, 6.07) is 16.5. The predicted octanol–water partition coefficient (Wildman–Crippen LogP) is 1.84. The van der Waals surface area contributed by atoms with Crippen LogP contribution >= 0.6 is 0 Å². The van der Waals surface area contributed by atoms with Crippen LogP contribution in [0.25, 0.3) is 0 Å². The van der Waals surface area contributed by atoms with Crippen molar-refractivity contribution in [3.63, 3.8) is 0 Å². The van der Waals surface area contributed by atoms with E-state index in [-0.39, 0.29) is 19.0 Å². The van der Waals surface area contributed by atoms with Crippen LogP contribution in [0.2, 0.25) is 0 Å². The molecule has 0 spiro atoms. The minimum atomic E-state index is -3.47. The molecule has 1 aliphatic carbocycles. The summed E-state index contributed by atoms with van der Waals surface area (Å²) < 4.78 is 26.1. The normalized spacial score (nSPS) is 22.7. The summed E-state index contributed by atoms with van der Waals surface area (Å²) in [5.41, 5.74) is 13.5. The molecule has 1 aliphatic rings. The molecule has 0 aliphatic heterocycles. The quantitative estimate of drug-likeness (QED) is 0.876. The Kier molecular flexibility index (Phi) is 4.04. The van der Waals surface area contributed by atoms with Crippen LogP contribution in [-0.2, 0) is 9.84 Å². The Bertz CT molecular complexity index is 782. The van der Waals surface area contributed by atoms with Crippen molar-refractivity contribution in [2.24, 2.45) is 16.9 Å². The Morgan fingerprint density at radius 2 is 1.52 bits per heavy atom. The number of aryl methyl sites for hydroxylation is 1. The first-order chi connectivity index (χ1) is 11.0. The van der Waals surface area contributed by atoms with Crippen molar-refractivity contribution in [2.75, 3.05) is 13.1 Å². The zero-order valence-electron chi connectivity index (χ0n) is 13.1. The van der Waals surface area contributed by atoms with Gasteiger partial charge in [-0.3, -0.25) is 0 Å². The number of hydrogen-bond donors (Lipinski definition) is 2. The number of rotatable bonds is 5. The van der Waals surface area contributed by atoms with Crippen LogP contribution in [0.4, 0.5) is 0 Å². The monoisotopic (exact) mass is 330 g/mol. The molecule has 0 heterocycles. The third kappa shape index (κ3) is 2.49. The van der Waals surface area contributed by atoms with Crippen LogP contribution in [0.15, 0.2) is 59.5 Å². The average Bonchev–Trinajstić information content (AvgIpc) is 3.27. The highest BCUT2D eigenvalue weighted by atomic mass is 32.2. The van der Waals surface area contributed by atoms with E-state index >= 15 is 0 Å². The fraction of sp³-hybridized carbons (Fsp3) is 0.333. The lowest BCUT2D eigenvalue weighted by Gasteiger charge is -2.13. The molecule has 122 valence electrons. The van der Waals surface area contributed by atoms with E-state index in [9.17, 15) is 8.42 Å². The van der Waals surface area contributed by atoms with Crippen molar-refractivity contribution in [1.82, 2.24) is 0 Å². The molecule has 23 heavy (non-hydrogen) atoms. The zero-order chi connectivity index (χ0) is 16.7. The maximum atomic E-state index is 13.1. The van der Waals surface area contributed by atoms with Crippen molar-refractivity contribution in [3.05, 3.63) is 65.7 Å². The van der Waals surface area contributed by atoms with E-state index in [1.807, 2.05) is 37.3 Å². The van der Waals surface area contributed by atoms with Gasteiger partial charge in [-0.2, -0.15) is 0 Å². The molecule has 1 fully saturated rings. The van der Waals surface area contributed by atoms with E-state index in [4.69, 9.17) is 11.5 Å². The van der Waals surface area contributed by atoms with Gasteiger partial charge in [0, 0.05) is 24.4 Å². The molecule has 0 bridgehead atoms. The standard InChI is InChI=1S/C18H22N2O2S/c1-13-7-9-14(10-8-13)16-17(18(16,11-19)12-20)23(21,22)15-5-3-2-4-6-15/h2-10,16-17H,11-12,19-20H2,1H3/t16-,17-/m1/s1. The molecule has 1 saturated carbocycles. The van der Waals surface area contributed by atoms with E-state index < -0.39 is 20.5 Å². The van der Waals surface area contributed by atoms with Crippen LogP contribution < -0.4 is 11.5 Å². The van der Waals surface area contributed by atoms with Gasteiger partial charge < -0.3 is 11.5 Å². The Morgan fingerprint density at radius 3 is 2.04 bits per heavy atom. The third-order valence-electron chi connectivity index (χ3n) is 4.98. The van der Waals surface area contributed by atoms with Crippen molar-refractivity contribution in [1.29, 1.82) is 0 Å². The number of hydrogen-bond acceptors (Lipinski definition) is 4. The fourth-order valence-electron chi connectivity index (χ4n) is 3.55. The molecular formula is C18H22N2O2S. The van der Waals surface area contributed by atoms with Crippen molar-refractivity contribution in [3.8, 4) is 0 Å². The maximum Gasteiger partial charge on any atom is 0.182 e. The molecule has 0 saturated heterocycles. The highest BCUT2D eigenvalue weighted by Gasteiger charge is 2.69. The Morgan fingerprint density at radius 1 is 0.957 bits per heavy atom. The van der Waals surface area contributed by atoms with E-state index in [1.165, 1.54) is 0 Å². The highest BCUT2D eigenvalue weighted by molar-refractivity contribution is 7.92. The topological polar surface area (TPSA) is 86.2 Å². The van der Waals surface area contributed by atoms with Crippen LogP contribution in [0.5, 0.6) is 0 Å². The van der Waals surface area contributed by atoms with Gasteiger partial charge in [-0.15, -0.1) is 0 Å². The minimum Gasteiger partial charge on any atom is -0.330 e. The van der Waals surface area contributed by atoms with Crippen molar-refractivity contribution >= 4 is 9.84 Å². The van der Waals surface area contributed by atoms with Gasteiger partial charge in [-0.25, -0.2) is 8.42 Å². The molecule has 0 aromatic heterocycles. The summed E-state index contributed by atoms with van der Waals surface area (Å²) in [5.74, 6) is -0.150. The van der Waals surface area contributed by atoms with Gasteiger partial charge in [-0.1, -0.05) is 48.0 Å². The highest BCUT2D eigenvalue weighted by Crippen LogP contribution is 2.62. The van der Waals surface area contributed by atoms with Gasteiger partial charge in [-0.05, 0) is 24.6 Å². The lowest BCUT2D eigenvalue weighted by Crippen LogP contribution is -2.31. The second-order valence-electron chi connectivity index (χ2n) is 6.31. The number of sulfone groups is 1. The summed E-state index contributed by atoms with van der Waals surface area (Å²) >= 11 is 0. The number of nitrogens with two attached hydrogens (primary N) is 2. The first-order valence-electron chi connectivity index (χ1n) is 7.73. The molecule has 4 nitrogen and oxygen atoms in total. The molecular weight excluding hydrogens is 308 g/mol. The third-order valence-corrected chi connectivity index (χ3v) is 7.32. The van der Waals surface area contributed by atoms with E-state index in [2.05, 4.69) is 0 Å². The Hall–Kier alpha value is -1.69. The van der Waals surface area contributed by atoms with Gasteiger partial charge in [0.05, 0.1) is 10.1 Å². The van der Waals surface area contributed by atoms with Gasteiger partial charge >= 0.3 is 0 Å². The maximum absolute atomic E-state index is 13.1. The lowest BCUT2D eigenvalue weighted by molar-refractivity contribution is 0.510. The molecule has 0 unspecified atom stereocenters. The molecule has 0 amide bonds. The fourth-order valence-corrected chi connectivity index (χ4v) is 6.04. The molecule has 2 aromatic carbocycles. The SMILES string of the molecule is Cc1ccc([C@@H]2[C@@H](S(=O)(=O)c3ccccc3)C2(CN)CN)cc1. The Balaban J connectivity index is 2.05.